The molecule has 1 spiro atoms. The average molecular weight is 189 g/mol. The van der Waals surface area contributed by atoms with Gasteiger partial charge < -0.3 is 4.74 Å². The second-order valence-corrected chi connectivity index (χ2v) is 4.53. The summed E-state index contributed by atoms with van der Waals surface area (Å²) in [5.41, 5.74) is 0.583. The lowest BCUT2D eigenvalue weighted by atomic mass is 9.73. The average Bonchev–Trinajstić information content (AvgIpc) is 2.49. The Balaban J connectivity index is 2.05. The molecular weight excluding hydrogens is 172 g/mol. The summed E-state index contributed by atoms with van der Waals surface area (Å²) in [6, 6.07) is 0. The fraction of sp³-hybridized carbons (Fsp3) is 1.00. The first-order valence-electron chi connectivity index (χ1n) is 5.01. The summed E-state index contributed by atoms with van der Waals surface area (Å²) in [5.74, 6) is 1.64. The topological polar surface area (TPSA) is 9.23 Å². The number of ether oxygens (including phenoxy) is 1. The van der Waals surface area contributed by atoms with Crippen molar-refractivity contribution >= 4 is 11.6 Å². The molecule has 2 fully saturated rings. The van der Waals surface area contributed by atoms with E-state index >= 15 is 0 Å². The van der Waals surface area contributed by atoms with Crippen LogP contribution in [0.5, 0.6) is 0 Å². The van der Waals surface area contributed by atoms with Crippen LogP contribution in [-0.4, -0.2) is 19.1 Å². The molecule has 2 aliphatic rings. The third-order valence-electron chi connectivity index (χ3n) is 3.77. The number of hydrogen-bond donors (Lipinski definition) is 0. The molecule has 0 aromatic heterocycles. The molecule has 70 valence electrons. The highest BCUT2D eigenvalue weighted by Gasteiger charge is 2.42. The smallest absolute Gasteiger partial charge is 0.0471 e. The Morgan fingerprint density at radius 1 is 1.25 bits per heavy atom. The van der Waals surface area contributed by atoms with E-state index in [1.165, 1.54) is 32.1 Å². The molecule has 12 heavy (non-hydrogen) atoms. The minimum Gasteiger partial charge on any atom is -0.381 e. The Morgan fingerprint density at radius 2 is 2.00 bits per heavy atom. The second-order valence-electron chi connectivity index (χ2n) is 4.22. The van der Waals surface area contributed by atoms with Crippen molar-refractivity contribution in [2.24, 2.45) is 11.3 Å². The van der Waals surface area contributed by atoms with Crippen molar-refractivity contribution in [3.8, 4) is 0 Å². The summed E-state index contributed by atoms with van der Waals surface area (Å²) < 4.78 is 5.41. The monoisotopic (exact) mass is 188 g/mol. The van der Waals surface area contributed by atoms with Crippen molar-refractivity contribution in [3.63, 3.8) is 0 Å². The molecule has 0 amide bonds. The van der Waals surface area contributed by atoms with Gasteiger partial charge in [0.25, 0.3) is 0 Å². The molecule has 0 radical (unpaired) electrons. The summed E-state index contributed by atoms with van der Waals surface area (Å²) in [4.78, 5) is 0. The summed E-state index contributed by atoms with van der Waals surface area (Å²) in [7, 11) is 0. The molecule has 1 heterocycles. The van der Waals surface area contributed by atoms with Gasteiger partial charge in [-0.15, -0.1) is 11.6 Å². The van der Waals surface area contributed by atoms with E-state index in [0.29, 0.717) is 5.41 Å². The van der Waals surface area contributed by atoms with E-state index in [-0.39, 0.29) is 0 Å². The second kappa shape index (κ2) is 3.55. The molecule has 1 aliphatic heterocycles. The number of halogens is 1. The van der Waals surface area contributed by atoms with E-state index in [2.05, 4.69) is 0 Å². The normalized spacial score (nSPS) is 34.2. The quantitative estimate of drug-likeness (QED) is 0.575. The van der Waals surface area contributed by atoms with Gasteiger partial charge in [0.1, 0.15) is 0 Å². The van der Waals surface area contributed by atoms with Crippen LogP contribution < -0.4 is 0 Å². The number of rotatable bonds is 1. The summed E-state index contributed by atoms with van der Waals surface area (Å²) in [6.45, 7) is 1.93. The van der Waals surface area contributed by atoms with Crippen molar-refractivity contribution < 1.29 is 4.74 Å². The Labute approximate surface area is 79.4 Å². The molecule has 1 saturated heterocycles. The van der Waals surface area contributed by atoms with Crippen LogP contribution in [0.2, 0.25) is 0 Å². The van der Waals surface area contributed by atoms with Gasteiger partial charge in [-0.2, -0.15) is 0 Å². The Morgan fingerprint density at radius 3 is 2.67 bits per heavy atom. The van der Waals surface area contributed by atoms with Gasteiger partial charge >= 0.3 is 0 Å². The Bertz CT molecular complexity index is 152. The van der Waals surface area contributed by atoms with Crippen molar-refractivity contribution in [3.05, 3.63) is 0 Å². The molecule has 0 aromatic carbocycles. The van der Waals surface area contributed by atoms with E-state index in [1.807, 2.05) is 0 Å². The summed E-state index contributed by atoms with van der Waals surface area (Å²) in [6.07, 6.45) is 6.64. The summed E-state index contributed by atoms with van der Waals surface area (Å²) >= 11 is 5.99. The van der Waals surface area contributed by atoms with Crippen molar-refractivity contribution in [2.45, 2.75) is 32.1 Å². The molecule has 2 rings (SSSR count). The van der Waals surface area contributed by atoms with Crippen LogP contribution in [0, 0.1) is 11.3 Å². The van der Waals surface area contributed by atoms with Crippen LogP contribution in [0.4, 0.5) is 0 Å². The molecule has 1 atom stereocenters. The molecule has 1 unspecified atom stereocenters. The molecule has 2 heteroatoms. The third-order valence-corrected chi connectivity index (χ3v) is 4.14. The van der Waals surface area contributed by atoms with Gasteiger partial charge in [-0.1, -0.05) is 6.42 Å². The van der Waals surface area contributed by atoms with Gasteiger partial charge in [-0.05, 0) is 37.0 Å². The molecule has 1 aliphatic carbocycles. The Kier molecular flexibility index (Phi) is 2.61. The highest BCUT2D eigenvalue weighted by molar-refractivity contribution is 6.18. The fourth-order valence-electron chi connectivity index (χ4n) is 2.89. The largest absolute Gasteiger partial charge is 0.381 e. The maximum Gasteiger partial charge on any atom is 0.0471 e. The van der Waals surface area contributed by atoms with Crippen LogP contribution in [0.1, 0.15) is 32.1 Å². The lowest BCUT2D eigenvalue weighted by Crippen LogP contribution is -2.33. The number of alkyl halides is 1. The third kappa shape index (κ3) is 1.38. The van der Waals surface area contributed by atoms with Gasteiger partial charge in [-0.3, -0.25) is 0 Å². The van der Waals surface area contributed by atoms with Crippen LogP contribution in [0.25, 0.3) is 0 Å². The molecular formula is C10H17ClO. The zero-order valence-corrected chi connectivity index (χ0v) is 8.28. The Hall–Kier alpha value is 0.250. The lowest BCUT2D eigenvalue weighted by molar-refractivity contribution is -0.00121. The molecule has 0 N–H and O–H groups in total. The lowest BCUT2D eigenvalue weighted by Gasteiger charge is -2.38. The standard InChI is InChI=1S/C10H17ClO/c11-8-9-2-1-3-10(9)4-6-12-7-5-10/h9H,1-8H2. The van der Waals surface area contributed by atoms with Crippen molar-refractivity contribution in [1.29, 1.82) is 0 Å². The molecule has 0 aromatic rings. The minimum atomic E-state index is 0.583. The maximum absolute atomic E-state index is 5.99. The first-order chi connectivity index (χ1) is 5.87. The van der Waals surface area contributed by atoms with E-state index in [1.54, 1.807) is 0 Å². The first-order valence-corrected chi connectivity index (χ1v) is 5.54. The van der Waals surface area contributed by atoms with Gasteiger partial charge in [0.15, 0.2) is 0 Å². The molecule has 1 saturated carbocycles. The van der Waals surface area contributed by atoms with Crippen LogP contribution >= 0.6 is 11.6 Å². The molecule has 0 bridgehead atoms. The predicted octanol–water partition coefficient (Wildman–Crippen LogP) is 2.82. The first kappa shape index (κ1) is 8.83. The van der Waals surface area contributed by atoms with Gasteiger partial charge in [0, 0.05) is 19.1 Å². The summed E-state index contributed by atoms with van der Waals surface area (Å²) in [5, 5.41) is 0. The van der Waals surface area contributed by atoms with E-state index in [9.17, 15) is 0 Å². The minimum absolute atomic E-state index is 0.583. The van der Waals surface area contributed by atoms with E-state index in [4.69, 9.17) is 16.3 Å². The highest BCUT2D eigenvalue weighted by atomic mass is 35.5. The zero-order chi connectivity index (χ0) is 8.44. The van der Waals surface area contributed by atoms with Gasteiger partial charge in [0.05, 0.1) is 0 Å². The highest BCUT2D eigenvalue weighted by Crippen LogP contribution is 2.50. The van der Waals surface area contributed by atoms with Gasteiger partial charge in [0.2, 0.25) is 0 Å². The van der Waals surface area contributed by atoms with Crippen LogP contribution in [-0.2, 0) is 4.74 Å². The van der Waals surface area contributed by atoms with E-state index in [0.717, 1.165) is 25.0 Å². The van der Waals surface area contributed by atoms with E-state index < -0.39 is 0 Å². The molecule has 1 nitrogen and oxygen atoms in total. The van der Waals surface area contributed by atoms with Crippen molar-refractivity contribution in [2.75, 3.05) is 19.1 Å². The van der Waals surface area contributed by atoms with Crippen molar-refractivity contribution in [1.82, 2.24) is 0 Å². The SMILES string of the molecule is ClCC1CCCC12CCOCC2. The number of hydrogen-bond acceptors (Lipinski definition) is 1. The maximum atomic E-state index is 5.99. The predicted molar refractivity (Wildman–Crippen MR) is 50.5 cm³/mol. The van der Waals surface area contributed by atoms with Gasteiger partial charge in [-0.25, -0.2) is 0 Å². The van der Waals surface area contributed by atoms with Crippen LogP contribution in [0.15, 0.2) is 0 Å². The fourth-order valence-corrected chi connectivity index (χ4v) is 3.37. The zero-order valence-electron chi connectivity index (χ0n) is 7.52. The van der Waals surface area contributed by atoms with Crippen LogP contribution in [0.3, 0.4) is 0 Å².